The molecule has 4 rings (SSSR count). The van der Waals surface area contributed by atoms with Gasteiger partial charge in [0.25, 0.3) is 0 Å². The summed E-state index contributed by atoms with van der Waals surface area (Å²) in [5, 5.41) is 0. The third-order valence-corrected chi connectivity index (χ3v) is 4.99. The summed E-state index contributed by atoms with van der Waals surface area (Å²) in [6.45, 7) is 5.38. The summed E-state index contributed by atoms with van der Waals surface area (Å²) in [6, 6.07) is 1.86. The quantitative estimate of drug-likeness (QED) is 0.840. The first-order valence-corrected chi connectivity index (χ1v) is 8.59. The molecular formula is C17H24N6O. The molecule has 2 saturated heterocycles. The highest BCUT2D eigenvalue weighted by molar-refractivity contribution is 5.31. The summed E-state index contributed by atoms with van der Waals surface area (Å²) in [5.74, 6) is 1.91. The van der Waals surface area contributed by atoms with Crippen molar-refractivity contribution < 1.29 is 4.74 Å². The summed E-state index contributed by atoms with van der Waals surface area (Å²) in [4.78, 5) is 18.0. The van der Waals surface area contributed by atoms with Crippen LogP contribution in [0.3, 0.4) is 0 Å². The maximum absolute atomic E-state index is 6.27. The number of anilines is 1. The molecule has 0 amide bonds. The largest absolute Gasteiger partial charge is 0.370 e. The van der Waals surface area contributed by atoms with Crippen LogP contribution in [0.5, 0.6) is 0 Å². The fraction of sp³-hybridized carbons (Fsp3) is 0.588. The molecule has 2 aliphatic heterocycles. The van der Waals surface area contributed by atoms with Crippen LogP contribution in [0.1, 0.15) is 18.7 Å². The van der Waals surface area contributed by atoms with Crippen LogP contribution in [0.15, 0.2) is 30.9 Å². The second kappa shape index (κ2) is 6.49. The van der Waals surface area contributed by atoms with Gasteiger partial charge in [-0.1, -0.05) is 0 Å². The van der Waals surface area contributed by atoms with E-state index in [4.69, 9.17) is 4.74 Å². The van der Waals surface area contributed by atoms with E-state index in [0.29, 0.717) is 0 Å². The first-order valence-electron chi connectivity index (χ1n) is 8.59. The van der Waals surface area contributed by atoms with Crippen molar-refractivity contribution in [3.63, 3.8) is 0 Å². The van der Waals surface area contributed by atoms with Crippen LogP contribution >= 0.6 is 0 Å². The predicted octanol–water partition coefficient (Wildman–Crippen LogP) is 1.08. The van der Waals surface area contributed by atoms with Crippen LogP contribution in [-0.4, -0.2) is 62.8 Å². The molecule has 0 bridgehead atoms. The van der Waals surface area contributed by atoms with Crippen LogP contribution in [0.2, 0.25) is 0 Å². The fourth-order valence-corrected chi connectivity index (χ4v) is 3.78. The normalized spacial score (nSPS) is 25.3. The van der Waals surface area contributed by atoms with E-state index >= 15 is 0 Å². The Morgan fingerprint density at radius 2 is 2.00 bits per heavy atom. The van der Waals surface area contributed by atoms with E-state index in [9.17, 15) is 0 Å². The third-order valence-electron chi connectivity index (χ3n) is 4.99. The van der Waals surface area contributed by atoms with Crippen LogP contribution in [0.4, 0.5) is 5.95 Å². The van der Waals surface area contributed by atoms with E-state index in [1.165, 1.54) is 0 Å². The number of nitrogens with zero attached hydrogens (tertiary/aromatic N) is 6. The molecule has 0 aromatic carbocycles. The zero-order valence-corrected chi connectivity index (χ0v) is 14.1. The molecule has 7 heteroatoms. The summed E-state index contributed by atoms with van der Waals surface area (Å²) in [6.07, 6.45) is 9.67. The molecule has 0 saturated carbocycles. The van der Waals surface area contributed by atoms with Gasteiger partial charge in [-0.15, -0.1) is 0 Å². The molecular weight excluding hydrogens is 304 g/mol. The monoisotopic (exact) mass is 328 g/mol. The maximum atomic E-state index is 6.27. The lowest BCUT2D eigenvalue weighted by atomic mass is 9.91. The highest BCUT2D eigenvalue weighted by atomic mass is 16.5. The van der Waals surface area contributed by atoms with E-state index in [2.05, 4.69) is 29.3 Å². The minimum Gasteiger partial charge on any atom is -0.370 e. The molecule has 1 atom stereocenters. The van der Waals surface area contributed by atoms with Crippen molar-refractivity contribution in [1.82, 2.24) is 24.4 Å². The summed E-state index contributed by atoms with van der Waals surface area (Å²) in [7, 11) is 2.05. The topological polar surface area (TPSA) is 59.3 Å². The molecule has 128 valence electrons. The minimum atomic E-state index is -0.124. The zero-order valence-electron chi connectivity index (χ0n) is 14.1. The van der Waals surface area contributed by atoms with Crippen molar-refractivity contribution in [2.75, 3.05) is 37.7 Å². The molecule has 24 heavy (non-hydrogen) atoms. The van der Waals surface area contributed by atoms with Gasteiger partial charge in [0.2, 0.25) is 5.95 Å². The Balaban J connectivity index is 1.46. The number of imidazole rings is 1. The number of hydrogen-bond acceptors (Lipinski definition) is 6. The van der Waals surface area contributed by atoms with Crippen molar-refractivity contribution in [3.05, 3.63) is 36.7 Å². The fourth-order valence-electron chi connectivity index (χ4n) is 3.78. The van der Waals surface area contributed by atoms with Crippen LogP contribution in [0, 0.1) is 0 Å². The molecule has 0 radical (unpaired) electrons. The molecule has 0 aliphatic carbocycles. The van der Waals surface area contributed by atoms with Gasteiger partial charge in [-0.25, -0.2) is 15.0 Å². The Kier molecular flexibility index (Phi) is 4.20. The highest BCUT2D eigenvalue weighted by Gasteiger charge is 2.41. The average Bonchev–Trinajstić information content (AvgIpc) is 3.01. The average molecular weight is 328 g/mol. The maximum Gasteiger partial charge on any atom is 0.225 e. The first kappa shape index (κ1) is 15.5. The number of morpholine rings is 1. The van der Waals surface area contributed by atoms with E-state index in [0.717, 1.165) is 63.9 Å². The van der Waals surface area contributed by atoms with E-state index in [1.807, 2.05) is 25.5 Å². The second-order valence-corrected chi connectivity index (χ2v) is 6.77. The Morgan fingerprint density at radius 1 is 1.12 bits per heavy atom. The smallest absolute Gasteiger partial charge is 0.225 e. The molecule has 2 aromatic rings. The van der Waals surface area contributed by atoms with Gasteiger partial charge in [-0.05, 0) is 18.9 Å². The molecule has 1 spiro atoms. The standard InChI is InChI=1S/C17H24N6O/c1-21-9-7-18-15(21)12-22-10-11-24-17(13-22)4-2-8-23(14-17)16-19-5-3-6-20-16/h3,5-7,9H,2,4,8,10-14H2,1H3. The second-order valence-electron chi connectivity index (χ2n) is 6.77. The Bertz CT molecular complexity index is 671. The Labute approximate surface area is 142 Å². The number of aromatic nitrogens is 4. The molecule has 2 fully saturated rings. The van der Waals surface area contributed by atoms with Gasteiger partial charge in [-0.3, -0.25) is 4.90 Å². The van der Waals surface area contributed by atoms with Crippen LogP contribution in [0.25, 0.3) is 0 Å². The van der Waals surface area contributed by atoms with Crippen LogP contribution < -0.4 is 4.90 Å². The third kappa shape index (κ3) is 3.14. The Morgan fingerprint density at radius 3 is 2.79 bits per heavy atom. The lowest BCUT2D eigenvalue weighted by Gasteiger charge is -2.48. The van der Waals surface area contributed by atoms with Crippen molar-refractivity contribution >= 4 is 5.95 Å². The van der Waals surface area contributed by atoms with Crippen molar-refractivity contribution in [1.29, 1.82) is 0 Å². The molecule has 7 nitrogen and oxygen atoms in total. The molecule has 2 aliphatic rings. The Hall–Kier alpha value is -1.99. The lowest BCUT2D eigenvalue weighted by Crippen LogP contribution is -2.60. The lowest BCUT2D eigenvalue weighted by molar-refractivity contribution is -0.117. The number of aryl methyl sites for hydroxylation is 1. The predicted molar refractivity (Wildman–Crippen MR) is 90.6 cm³/mol. The highest BCUT2D eigenvalue weighted by Crippen LogP contribution is 2.30. The first-order chi connectivity index (χ1) is 11.7. The molecule has 2 aromatic heterocycles. The van der Waals surface area contributed by atoms with Gasteiger partial charge in [0.15, 0.2) is 0 Å². The van der Waals surface area contributed by atoms with Crippen LogP contribution in [-0.2, 0) is 18.3 Å². The van der Waals surface area contributed by atoms with Gasteiger partial charge < -0.3 is 14.2 Å². The summed E-state index contributed by atoms with van der Waals surface area (Å²) < 4.78 is 8.36. The number of piperidine rings is 1. The molecule has 1 unspecified atom stereocenters. The van der Waals surface area contributed by atoms with Crippen molar-refractivity contribution in [2.45, 2.75) is 25.0 Å². The van der Waals surface area contributed by atoms with Gasteiger partial charge in [-0.2, -0.15) is 0 Å². The zero-order chi connectivity index (χ0) is 16.4. The minimum absolute atomic E-state index is 0.124. The van der Waals surface area contributed by atoms with Crippen molar-refractivity contribution in [3.8, 4) is 0 Å². The van der Waals surface area contributed by atoms with E-state index < -0.39 is 0 Å². The number of ether oxygens (including phenoxy) is 1. The molecule has 0 N–H and O–H groups in total. The van der Waals surface area contributed by atoms with Crippen molar-refractivity contribution in [2.24, 2.45) is 7.05 Å². The van der Waals surface area contributed by atoms with Gasteiger partial charge in [0.1, 0.15) is 5.82 Å². The SMILES string of the molecule is Cn1ccnc1CN1CCOC2(CCCN(c3ncccn3)C2)C1. The molecule has 4 heterocycles. The summed E-state index contributed by atoms with van der Waals surface area (Å²) >= 11 is 0. The summed E-state index contributed by atoms with van der Waals surface area (Å²) in [5.41, 5.74) is -0.124. The van der Waals surface area contributed by atoms with E-state index in [1.54, 1.807) is 12.4 Å². The number of rotatable bonds is 3. The van der Waals surface area contributed by atoms with E-state index in [-0.39, 0.29) is 5.60 Å². The van der Waals surface area contributed by atoms with Gasteiger partial charge in [0, 0.05) is 51.5 Å². The van der Waals surface area contributed by atoms with Gasteiger partial charge in [0.05, 0.1) is 25.3 Å². The van der Waals surface area contributed by atoms with Gasteiger partial charge >= 0.3 is 0 Å². The number of hydrogen-bond donors (Lipinski definition) is 0.